The Kier molecular flexibility index (Phi) is 10.3. The molecule has 1 aromatic carbocycles. The van der Waals surface area contributed by atoms with Crippen LogP contribution in [0.15, 0.2) is 29.3 Å². The molecule has 1 fully saturated rings. The zero-order valence-corrected chi connectivity index (χ0v) is 17.4. The minimum atomic E-state index is 0. The fourth-order valence-electron chi connectivity index (χ4n) is 2.62. The van der Waals surface area contributed by atoms with Crippen molar-refractivity contribution in [1.82, 2.24) is 15.5 Å². The molecule has 5 nitrogen and oxygen atoms in total. The van der Waals surface area contributed by atoms with Gasteiger partial charge in [0.25, 0.3) is 0 Å². The van der Waals surface area contributed by atoms with Crippen LogP contribution in [0.3, 0.4) is 0 Å². The van der Waals surface area contributed by atoms with Crippen LogP contribution in [-0.4, -0.2) is 49.7 Å². The Balaban J connectivity index is 0.00000288. The average molecular weight is 446 g/mol. The third kappa shape index (κ3) is 7.36. The lowest BCUT2D eigenvalue weighted by Crippen LogP contribution is -2.41. The maximum atomic E-state index is 5.43. The molecule has 0 unspecified atom stereocenters. The summed E-state index contributed by atoms with van der Waals surface area (Å²) in [5.41, 5.74) is 2.65. The van der Waals surface area contributed by atoms with Crippen molar-refractivity contribution < 1.29 is 4.74 Å². The summed E-state index contributed by atoms with van der Waals surface area (Å²) in [6, 6.07) is 8.97. The van der Waals surface area contributed by atoms with Gasteiger partial charge in [0.05, 0.1) is 19.8 Å². The Hall–Kier alpha value is -0.860. The largest absolute Gasteiger partial charge is 0.379 e. The molecular weight excluding hydrogens is 415 g/mol. The molecule has 0 radical (unpaired) electrons. The van der Waals surface area contributed by atoms with E-state index in [4.69, 9.17) is 9.73 Å². The molecule has 1 saturated heterocycles. The van der Waals surface area contributed by atoms with Crippen molar-refractivity contribution in [2.45, 2.75) is 39.9 Å². The molecule has 0 aromatic heterocycles. The highest BCUT2D eigenvalue weighted by molar-refractivity contribution is 14.0. The van der Waals surface area contributed by atoms with Gasteiger partial charge in [-0.05, 0) is 31.9 Å². The van der Waals surface area contributed by atoms with Crippen LogP contribution in [0, 0.1) is 0 Å². The summed E-state index contributed by atoms with van der Waals surface area (Å²) in [5, 5.41) is 6.66. The van der Waals surface area contributed by atoms with Crippen molar-refractivity contribution in [1.29, 1.82) is 0 Å². The van der Waals surface area contributed by atoms with Gasteiger partial charge in [-0.1, -0.05) is 24.3 Å². The van der Waals surface area contributed by atoms with Gasteiger partial charge in [0.1, 0.15) is 0 Å². The number of halogens is 1. The molecule has 0 bridgehead atoms. The maximum Gasteiger partial charge on any atom is 0.191 e. The van der Waals surface area contributed by atoms with E-state index in [1.54, 1.807) is 0 Å². The van der Waals surface area contributed by atoms with Gasteiger partial charge in [0.15, 0.2) is 5.96 Å². The lowest BCUT2D eigenvalue weighted by molar-refractivity contribution is 0.0341. The highest BCUT2D eigenvalue weighted by Crippen LogP contribution is 2.14. The topological polar surface area (TPSA) is 48.9 Å². The molecule has 6 heteroatoms. The quantitative estimate of drug-likeness (QED) is 0.401. The molecule has 2 rings (SSSR count). The molecule has 0 spiro atoms. The van der Waals surface area contributed by atoms with Crippen molar-refractivity contribution in [2.75, 3.05) is 32.8 Å². The summed E-state index contributed by atoms with van der Waals surface area (Å²) in [4.78, 5) is 7.18. The molecule has 0 atom stereocenters. The number of hydrogen-bond acceptors (Lipinski definition) is 3. The van der Waals surface area contributed by atoms with Crippen LogP contribution in [-0.2, 0) is 17.8 Å². The number of morpholine rings is 1. The van der Waals surface area contributed by atoms with Crippen LogP contribution in [0.25, 0.3) is 0 Å². The zero-order chi connectivity index (χ0) is 16.5. The highest BCUT2D eigenvalue weighted by Gasteiger charge is 2.12. The molecule has 1 aromatic rings. The summed E-state index contributed by atoms with van der Waals surface area (Å²) in [7, 11) is 0. The summed E-state index contributed by atoms with van der Waals surface area (Å²) >= 11 is 0. The second-order valence-corrected chi connectivity index (χ2v) is 6.15. The fourth-order valence-corrected chi connectivity index (χ4v) is 2.62. The summed E-state index contributed by atoms with van der Waals surface area (Å²) in [5.74, 6) is 0.878. The highest BCUT2D eigenvalue weighted by atomic mass is 127. The third-order valence-corrected chi connectivity index (χ3v) is 3.79. The lowest BCUT2D eigenvalue weighted by atomic mass is 10.1. The number of guanidine groups is 1. The zero-order valence-electron chi connectivity index (χ0n) is 15.0. The van der Waals surface area contributed by atoms with Crippen molar-refractivity contribution >= 4 is 29.9 Å². The van der Waals surface area contributed by atoms with Crippen molar-refractivity contribution in [3.63, 3.8) is 0 Å². The molecule has 1 aliphatic heterocycles. The molecule has 2 N–H and O–H groups in total. The Morgan fingerprint density at radius 2 is 1.88 bits per heavy atom. The number of hydrogen-bond donors (Lipinski definition) is 2. The van der Waals surface area contributed by atoms with Gasteiger partial charge in [0, 0.05) is 32.2 Å². The number of rotatable bonds is 6. The molecule has 24 heavy (non-hydrogen) atoms. The molecule has 1 heterocycles. The molecule has 136 valence electrons. The Labute approximate surface area is 163 Å². The predicted octanol–water partition coefficient (Wildman–Crippen LogP) is 2.60. The molecule has 0 amide bonds. The van der Waals surface area contributed by atoms with E-state index in [9.17, 15) is 0 Å². The van der Waals surface area contributed by atoms with Gasteiger partial charge in [0.2, 0.25) is 0 Å². The summed E-state index contributed by atoms with van der Waals surface area (Å²) in [6.07, 6.45) is 0. The number of ether oxygens (including phenoxy) is 1. The van der Waals surface area contributed by atoms with E-state index in [2.05, 4.69) is 60.6 Å². The van der Waals surface area contributed by atoms with Crippen LogP contribution in [0.4, 0.5) is 0 Å². The van der Waals surface area contributed by atoms with E-state index in [0.29, 0.717) is 12.6 Å². The SMILES string of the molecule is CCNC(=NCc1ccccc1CN1CCOCC1)NC(C)C.I. The average Bonchev–Trinajstić information content (AvgIpc) is 2.54. The van der Waals surface area contributed by atoms with E-state index in [1.165, 1.54) is 11.1 Å². The normalized spacial score (nSPS) is 15.9. The van der Waals surface area contributed by atoms with Crippen molar-refractivity contribution in [3.8, 4) is 0 Å². The maximum absolute atomic E-state index is 5.43. The van der Waals surface area contributed by atoms with Gasteiger partial charge in [-0.3, -0.25) is 4.90 Å². The number of nitrogens with one attached hydrogen (secondary N) is 2. The molecule has 1 aliphatic rings. The van der Waals surface area contributed by atoms with Crippen LogP contribution in [0.5, 0.6) is 0 Å². The minimum absolute atomic E-state index is 0. The fraction of sp³-hybridized carbons (Fsp3) is 0.611. The van der Waals surface area contributed by atoms with Crippen molar-refractivity contribution in [3.05, 3.63) is 35.4 Å². The van der Waals surface area contributed by atoms with E-state index in [1.807, 2.05) is 0 Å². The lowest BCUT2D eigenvalue weighted by Gasteiger charge is -2.27. The summed E-state index contributed by atoms with van der Waals surface area (Å²) in [6.45, 7) is 12.6. The molecule has 0 saturated carbocycles. The Morgan fingerprint density at radius 3 is 2.50 bits per heavy atom. The van der Waals surface area contributed by atoms with Gasteiger partial charge < -0.3 is 15.4 Å². The van der Waals surface area contributed by atoms with Crippen molar-refractivity contribution in [2.24, 2.45) is 4.99 Å². The first-order valence-corrected chi connectivity index (χ1v) is 8.60. The standard InChI is InChI=1S/C18H30N4O.HI/c1-4-19-18(21-15(2)3)20-13-16-7-5-6-8-17(16)14-22-9-11-23-12-10-22;/h5-8,15H,4,9-14H2,1-3H3,(H2,19,20,21);1H. The Bertz CT molecular complexity index is 502. The van der Waals surface area contributed by atoms with Crippen LogP contribution in [0.2, 0.25) is 0 Å². The van der Waals surface area contributed by atoms with E-state index in [-0.39, 0.29) is 24.0 Å². The monoisotopic (exact) mass is 446 g/mol. The van der Waals surface area contributed by atoms with Crippen LogP contribution in [0.1, 0.15) is 31.9 Å². The van der Waals surface area contributed by atoms with Gasteiger partial charge >= 0.3 is 0 Å². The minimum Gasteiger partial charge on any atom is -0.379 e. The predicted molar refractivity (Wildman–Crippen MR) is 111 cm³/mol. The molecular formula is C18H31IN4O. The third-order valence-electron chi connectivity index (χ3n) is 3.79. The van der Waals surface area contributed by atoms with E-state index < -0.39 is 0 Å². The van der Waals surface area contributed by atoms with E-state index in [0.717, 1.165) is 45.4 Å². The van der Waals surface area contributed by atoms with Gasteiger partial charge in [-0.25, -0.2) is 4.99 Å². The second-order valence-electron chi connectivity index (χ2n) is 6.15. The number of aliphatic imine (C=N–C) groups is 1. The first kappa shape index (κ1) is 21.2. The second kappa shape index (κ2) is 11.7. The van der Waals surface area contributed by atoms with Gasteiger partial charge in [-0.15, -0.1) is 24.0 Å². The van der Waals surface area contributed by atoms with E-state index >= 15 is 0 Å². The molecule has 0 aliphatic carbocycles. The first-order chi connectivity index (χ1) is 11.2. The first-order valence-electron chi connectivity index (χ1n) is 8.60. The van der Waals surface area contributed by atoms with Crippen LogP contribution < -0.4 is 10.6 Å². The number of nitrogens with zero attached hydrogens (tertiary/aromatic N) is 2. The van der Waals surface area contributed by atoms with Crippen LogP contribution >= 0.6 is 24.0 Å². The smallest absolute Gasteiger partial charge is 0.191 e. The number of benzene rings is 1. The Morgan fingerprint density at radius 1 is 1.21 bits per heavy atom. The summed E-state index contributed by atoms with van der Waals surface area (Å²) < 4.78 is 5.43. The van der Waals surface area contributed by atoms with Gasteiger partial charge in [-0.2, -0.15) is 0 Å².